The normalized spacial score (nSPS) is 10.6. The highest BCUT2D eigenvalue weighted by Gasteiger charge is 2.08. The van der Waals surface area contributed by atoms with Crippen LogP contribution in [0.3, 0.4) is 0 Å². The van der Waals surface area contributed by atoms with Crippen LogP contribution in [0, 0.1) is 12.7 Å². The van der Waals surface area contributed by atoms with E-state index in [9.17, 15) is 4.39 Å². The minimum absolute atomic E-state index is 0.207. The second kappa shape index (κ2) is 3.38. The number of benzene rings is 1. The molecule has 0 radical (unpaired) electrons. The molecule has 78 valence electrons. The van der Waals surface area contributed by atoms with Crippen LogP contribution in [0.5, 0.6) is 0 Å². The van der Waals surface area contributed by atoms with E-state index in [1.54, 1.807) is 37.0 Å². The van der Waals surface area contributed by atoms with Crippen LogP contribution < -0.4 is 5.73 Å². The summed E-state index contributed by atoms with van der Waals surface area (Å²) < 4.78 is 14.7. The lowest BCUT2D eigenvalue weighted by molar-refractivity contribution is 0.619. The lowest BCUT2D eigenvalue weighted by atomic mass is 10.1. The summed E-state index contributed by atoms with van der Waals surface area (Å²) in [5.74, 6) is 0.377. The van der Waals surface area contributed by atoms with Gasteiger partial charge < -0.3 is 5.73 Å². The van der Waals surface area contributed by atoms with Gasteiger partial charge >= 0.3 is 0 Å². The Kier molecular flexibility index (Phi) is 2.19. The van der Waals surface area contributed by atoms with Gasteiger partial charge in [0.1, 0.15) is 11.6 Å². The molecule has 0 aliphatic heterocycles. The third-order valence-corrected chi connectivity index (χ3v) is 2.45. The van der Waals surface area contributed by atoms with Crippen molar-refractivity contribution in [3.63, 3.8) is 0 Å². The summed E-state index contributed by atoms with van der Waals surface area (Å²) in [6.45, 7) is 1.73. The Morgan fingerprint density at radius 1 is 1.40 bits per heavy atom. The van der Waals surface area contributed by atoms with E-state index in [0.29, 0.717) is 11.4 Å². The molecule has 0 fully saturated rings. The third-order valence-electron chi connectivity index (χ3n) is 2.45. The molecule has 4 heteroatoms. The van der Waals surface area contributed by atoms with Gasteiger partial charge in [-0.25, -0.2) is 4.39 Å². The Bertz CT molecular complexity index is 503. The molecule has 15 heavy (non-hydrogen) atoms. The maximum Gasteiger partial charge on any atom is 0.129 e. The van der Waals surface area contributed by atoms with Crippen molar-refractivity contribution in [2.24, 2.45) is 7.05 Å². The topological polar surface area (TPSA) is 43.8 Å². The lowest BCUT2D eigenvalue weighted by Gasteiger charge is -2.02. The number of nitrogen functional groups attached to an aromatic ring is 1. The van der Waals surface area contributed by atoms with Gasteiger partial charge in [-0.05, 0) is 30.2 Å². The van der Waals surface area contributed by atoms with Gasteiger partial charge in [0, 0.05) is 12.6 Å². The van der Waals surface area contributed by atoms with Crippen LogP contribution in [0.1, 0.15) is 5.56 Å². The fourth-order valence-corrected chi connectivity index (χ4v) is 1.48. The Morgan fingerprint density at radius 2 is 2.13 bits per heavy atom. The van der Waals surface area contributed by atoms with E-state index < -0.39 is 0 Å². The molecule has 2 rings (SSSR count). The second-order valence-electron chi connectivity index (χ2n) is 3.53. The number of hydrogen-bond acceptors (Lipinski definition) is 2. The standard InChI is InChI=1S/C11H12FN3/c1-7-5-8(3-4-10(7)12)9-6-14-15(2)11(9)13/h3-6H,13H2,1-2H3. The summed E-state index contributed by atoms with van der Waals surface area (Å²) in [6.07, 6.45) is 1.68. The van der Waals surface area contributed by atoms with Crippen LogP contribution >= 0.6 is 0 Å². The molecular weight excluding hydrogens is 193 g/mol. The molecule has 0 aliphatic carbocycles. The van der Waals surface area contributed by atoms with Gasteiger partial charge in [0.15, 0.2) is 0 Å². The third kappa shape index (κ3) is 1.58. The molecule has 1 aromatic heterocycles. The van der Waals surface area contributed by atoms with Crippen LogP contribution in [0.4, 0.5) is 10.2 Å². The number of aryl methyl sites for hydroxylation is 2. The molecule has 2 aromatic rings. The smallest absolute Gasteiger partial charge is 0.129 e. The molecule has 2 N–H and O–H groups in total. The average molecular weight is 205 g/mol. The van der Waals surface area contributed by atoms with Gasteiger partial charge in [0.25, 0.3) is 0 Å². The van der Waals surface area contributed by atoms with E-state index in [1.807, 2.05) is 0 Å². The average Bonchev–Trinajstić information content (AvgIpc) is 2.53. The van der Waals surface area contributed by atoms with E-state index in [2.05, 4.69) is 5.10 Å². The molecule has 0 aliphatic rings. The van der Waals surface area contributed by atoms with Crippen LogP contribution in [0.25, 0.3) is 11.1 Å². The maximum absolute atomic E-state index is 13.1. The van der Waals surface area contributed by atoms with E-state index in [1.165, 1.54) is 6.07 Å². The predicted molar refractivity (Wildman–Crippen MR) is 57.8 cm³/mol. The Hall–Kier alpha value is -1.84. The largest absolute Gasteiger partial charge is 0.383 e. The van der Waals surface area contributed by atoms with Crippen LogP contribution in [0.2, 0.25) is 0 Å². The Morgan fingerprint density at radius 3 is 2.67 bits per heavy atom. The van der Waals surface area contributed by atoms with Crippen molar-refractivity contribution in [2.75, 3.05) is 5.73 Å². The molecule has 0 amide bonds. The molecule has 0 saturated carbocycles. The number of nitrogens with two attached hydrogens (primary N) is 1. The SMILES string of the molecule is Cc1cc(-c2cnn(C)c2N)ccc1F. The highest BCUT2D eigenvalue weighted by Crippen LogP contribution is 2.26. The maximum atomic E-state index is 13.1. The van der Waals surface area contributed by atoms with Gasteiger partial charge in [0.2, 0.25) is 0 Å². The number of hydrogen-bond donors (Lipinski definition) is 1. The summed E-state index contributed by atoms with van der Waals surface area (Å²) in [6, 6.07) is 4.91. The zero-order chi connectivity index (χ0) is 11.0. The minimum atomic E-state index is -0.207. The van der Waals surface area contributed by atoms with Gasteiger partial charge in [-0.2, -0.15) is 5.10 Å². The number of halogens is 1. The van der Waals surface area contributed by atoms with E-state index in [-0.39, 0.29) is 5.82 Å². The first-order valence-corrected chi connectivity index (χ1v) is 4.63. The van der Waals surface area contributed by atoms with Crippen LogP contribution in [-0.4, -0.2) is 9.78 Å². The van der Waals surface area contributed by atoms with Crippen LogP contribution in [-0.2, 0) is 7.05 Å². The zero-order valence-electron chi connectivity index (χ0n) is 8.66. The highest BCUT2D eigenvalue weighted by molar-refractivity contribution is 5.73. The minimum Gasteiger partial charge on any atom is -0.383 e. The van der Waals surface area contributed by atoms with Crippen molar-refractivity contribution in [3.05, 3.63) is 35.8 Å². The molecule has 1 aromatic carbocycles. The van der Waals surface area contributed by atoms with E-state index >= 15 is 0 Å². The molecular formula is C11H12FN3. The first kappa shape index (κ1) is 9.71. The van der Waals surface area contributed by atoms with Crippen molar-refractivity contribution in [1.29, 1.82) is 0 Å². The number of anilines is 1. The zero-order valence-corrected chi connectivity index (χ0v) is 8.66. The van der Waals surface area contributed by atoms with Crippen molar-refractivity contribution in [2.45, 2.75) is 6.92 Å². The number of nitrogens with zero attached hydrogens (tertiary/aromatic N) is 2. The van der Waals surface area contributed by atoms with Crippen molar-refractivity contribution in [1.82, 2.24) is 9.78 Å². The molecule has 0 bridgehead atoms. The molecule has 0 unspecified atom stereocenters. The summed E-state index contributed by atoms with van der Waals surface area (Å²) in [5, 5.41) is 4.04. The predicted octanol–water partition coefficient (Wildman–Crippen LogP) is 2.12. The monoisotopic (exact) mass is 205 g/mol. The van der Waals surface area contributed by atoms with E-state index in [4.69, 9.17) is 5.73 Å². The molecule has 1 heterocycles. The summed E-state index contributed by atoms with van der Waals surface area (Å²) >= 11 is 0. The van der Waals surface area contributed by atoms with Crippen molar-refractivity contribution >= 4 is 5.82 Å². The summed E-state index contributed by atoms with van der Waals surface area (Å²) in [5.41, 5.74) is 8.16. The quantitative estimate of drug-likeness (QED) is 0.774. The second-order valence-corrected chi connectivity index (χ2v) is 3.53. The summed E-state index contributed by atoms with van der Waals surface area (Å²) in [4.78, 5) is 0. The van der Waals surface area contributed by atoms with Gasteiger partial charge in [-0.3, -0.25) is 4.68 Å². The highest BCUT2D eigenvalue weighted by atomic mass is 19.1. The van der Waals surface area contributed by atoms with Crippen molar-refractivity contribution in [3.8, 4) is 11.1 Å². The molecule has 3 nitrogen and oxygen atoms in total. The van der Waals surface area contributed by atoms with Gasteiger partial charge in [-0.15, -0.1) is 0 Å². The number of aromatic nitrogens is 2. The fourth-order valence-electron chi connectivity index (χ4n) is 1.48. The van der Waals surface area contributed by atoms with E-state index in [0.717, 1.165) is 11.1 Å². The van der Waals surface area contributed by atoms with Crippen molar-refractivity contribution < 1.29 is 4.39 Å². The van der Waals surface area contributed by atoms with Gasteiger partial charge in [-0.1, -0.05) is 6.07 Å². The molecule has 0 saturated heterocycles. The lowest BCUT2D eigenvalue weighted by Crippen LogP contribution is -1.98. The first-order chi connectivity index (χ1) is 7.09. The molecule has 0 spiro atoms. The Labute approximate surface area is 87.3 Å². The van der Waals surface area contributed by atoms with Crippen LogP contribution in [0.15, 0.2) is 24.4 Å². The van der Waals surface area contributed by atoms with Gasteiger partial charge in [0.05, 0.1) is 6.20 Å². The Balaban J connectivity index is 2.55. The fraction of sp³-hybridized carbons (Fsp3) is 0.182. The summed E-state index contributed by atoms with van der Waals surface area (Å²) in [7, 11) is 1.77. The number of rotatable bonds is 1. The first-order valence-electron chi connectivity index (χ1n) is 4.63. The molecule has 0 atom stereocenters.